The van der Waals surface area contributed by atoms with Crippen molar-refractivity contribution in [3.8, 4) is 5.75 Å². The van der Waals surface area contributed by atoms with Gasteiger partial charge in [-0.2, -0.15) is 0 Å². The maximum Gasteiger partial charge on any atom is 0.255 e. The van der Waals surface area contributed by atoms with Gasteiger partial charge in [-0.05, 0) is 77.7 Å². The van der Waals surface area contributed by atoms with Crippen LogP contribution in [-0.4, -0.2) is 12.5 Å². The van der Waals surface area contributed by atoms with Crippen LogP contribution >= 0.6 is 15.9 Å². The lowest BCUT2D eigenvalue weighted by molar-refractivity contribution is 0.102. The van der Waals surface area contributed by atoms with Crippen LogP contribution in [-0.2, 0) is 0 Å². The summed E-state index contributed by atoms with van der Waals surface area (Å²) < 4.78 is 6.48. The van der Waals surface area contributed by atoms with Crippen LogP contribution in [0.25, 0.3) is 0 Å². The molecule has 0 spiro atoms. The number of carbonyl (C=O) groups is 1. The first kappa shape index (κ1) is 17.5. The number of nitrogens with one attached hydrogen (secondary N) is 1. The zero-order valence-electron chi connectivity index (χ0n) is 13.8. The first-order chi connectivity index (χ1) is 11.0. The maximum atomic E-state index is 12.4. The average molecular weight is 376 g/mol. The van der Waals surface area contributed by atoms with Gasteiger partial charge in [0.2, 0.25) is 0 Å². The summed E-state index contributed by atoms with van der Waals surface area (Å²) in [6.45, 7) is 6.84. The molecule has 4 heteroatoms. The summed E-state index contributed by atoms with van der Waals surface area (Å²) >= 11 is 3.47. The Hall–Kier alpha value is -1.81. The van der Waals surface area contributed by atoms with E-state index in [1.165, 1.54) is 0 Å². The van der Waals surface area contributed by atoms with Gasteiger partial charge in [0.25, 0.3) is 5.91 Å². The number of hydrogen-bond donors (Lipinski definition) is 1. The molecule has 0 aliphatic rings. The molecule has 0 saturated carbocycles. The fourth-order valence-electron chi connectivity index (χ4n) is 2.34. The minimum absolute atomic E-state index is 0.129. The molecule has 0 aliphatic carbocycles. The van der Waals surface area contributed by atoms with Crippen molar-refractivity contribution in [1.82, 2.24) is 0 Å². The Morgan fingerprint density at radius 3 is 2.43 bits per heavy atom. The smallest absolute Gasteiger partial charge is 0.255 e. The molecule has 0 unspecified atom stereocenters. The van der Waals surface area contributed by atoms with Crippen molar-refractivity contribution in [2.45, 2.75) is 33.6 Å². The van der Waals surface area contributed by atoms with Crippen LogP contribution in [0.1, 0.15) is 41.3 Å². The van der Waals surface area contributed by atoms with Crippen LogP contribution in [0.15, 0.2) is 40.9 Å². The van der Waals surface area contributed by atoms with Gasteiger partial charge in [-0.25, -0.2) is 0 Å². The first-order valence-electron chi connectivity index (χ1n) is 7.81. The molecular formula is C19H22BrNO2. The Morgan fingerprint density at radius 1 is 1.13 bits per heavy atom. The van der Waals surface area contributed by atoms with Crippen molar-refractivity contribution in [1.29, 1.82) is 0 Å². The van der Waals surface area contributed by atoms with Crippen LogP contribution in [0.5, 0.6) is 5.75 Å². The largest absolute Gasteiger partial charge is 0.492 e. The Labute approximate surface area is 146 Å². The number of unbranched alkanes of at least 4 members (excludes halogenated alkanes) is 1. The number of halogens is 1. The van der Waals surface area contributed by atoms with Crippen LogP contribution in [0.2, 0.25) is 0 Å². The molecule has 0 radical (unpaired) electrons. The summed E-state index contributed by atoms with van der Waals surface area (Å²) in [6, 6.07) is 11.4. The number of carbonyl (C=O) groups excluding carboxylic acids is 1. The number of ether oxygens (including phenoxy) is 1. The van der Waals surface area contributed by atoms with Crippen molar-refractivity contribution in [2.75, 3.05) is 11.9 Å². The molecule has 122 valence electrons. The minimum Gasteiger partial charge on any atom is -0.492 e. The SMILES string of the molecule is CCCCOc1ccc(C(=O)Nc2cc(C)cc(C)c2)cc1Br. The summed E-state index contributed by atoms with van der Waals surface area (Å²) in [6.07, 6.45) is 2.11. The highest BCUT2D eigenvalue weighted by Crippen LogP contribution is 2.27. The molecule has 0 aliphatic heterocycles. The number of anilines is 1. The standard InChI is InChI=1S/C19H22BrNO2/c1-4-5-8-23-18-7-6-15(12-17(18)20)19(22)21-16-10-13(2)9-14(3)11-16/h6-7,9-12H,4-5,8H2,1-3H3,(H,21,22). The molecule has 2 aromatic rings. The second-order valence-electron chi connectivity index (χ2n) is 5.68. The van der Waals surface area contributed by atoms with Gasteiger partial charge < -0.3 is 10.1 Å². The highest BCUT2D eigenvalue weighted by Gasteiger charge is 2.10. The minimum atomic E-state index is -0.129. The Bertz CT molecular complexity index is 678. The van der Waals surface area contributed by atoms with E-state index in [-0.39, 0.29) is 5.91 Å². The molecule has 0 heterocycles. The van der Waals surface area contributed by atoms with Gasteiger partial charge >= 0.3 is 0 Å². The second-order valence-corrected chi connectivity index (χ2v) is 6.53. The topological polar surface area (TPSA) is 38.3 Å². The first-order valence-corrected chi connectivity index (χ1v) is 8.61. The quantitative estimate of drug-likeness (QED) is 0.677. The zero-order valence-corrected chi connectivity index (χ0v) is 15.4. The summed E-state index contributed by atoms with van der Waals surface area (Å²) in [5, 5.41) is 2.94. The molecule has 1 amide bonds. The summed E-state index contributed by atoms with van der Waals surface area (Å²) in [5.74, 6) is 0.636. The Balaban J connectivity index is 2.08. The number of amides is 1. The normalized spacial score (nSPS) is 10.4. The molecule has 0 bridgehead atoms. The van der Waals surface area contributed by atoms with Gasteiger partial charge in [0.05, 0.1) is 11.1 Å². The van der Waals surface area contributed by atoms with Gasteiger partial charge in [0.1, 0.15) is 5.75 Å². The van der Waals surface area contributed by atoms with E-state index in [1.54, 1.807) is 12.1 Å². The average Bonchev–Trinajstić information content (AvgIpc) is 2.48. The van der Waals surface area contributed by atoms with Crippen molar-refractivity contribution in [3.05, 3.63) is 57.6 Å². The van der Waals surface area contributed by atoms with Crippen molar-refractivity contribution < 1.29 is 9.53 Å². The lowest BCUT2D eigenvalue weighted by atomic mass is 10.1. The summed E-state index contributed by atoms with van der Waals surface area (Å²) in [4.78, 5) is 12.4. The van der Waals surface area contributed by atoms with Crippen molar-refractivity contribution in [2.24, 2.45) is 0 Å². The molecule has 23 heavy (non-hydrogen) atoms. The summed E-state index contributed by atoms with van der Waals surface area (Å²) in [7, 11) is 0. The third-order valence-electron chi connectivity index (χ3n) is 3.43. The Kier molecular flexibility index (Phi) is 6.22. The number of benzene rings is 2. The third-order valence-corrected chi connectivity index (χ3v) is 4.05. The fraction of sp³-hybridized carbons (Fsp3) is 0.316. The van der Waals surface area contributed by atoms with Gasteiger partial charge in [-0.15, -0.1) is 0 Å². The molecule has 0 fully saturated rings. The predicted molar refractivity (Wildman–Crippen MR) is 98.4 cm³/mol. The number of rotatable bonds is 6. The summed E-state index contributed by atoms with van der Waals surface area (Å²) in [5.41, 5.74) is 3.66. The number of aryl methyl sites for hydroxylation is 2. The van der Waals surface area contributed by atoms with Gasteiger partial charge in [0, 0.05) is 11.3 Å². The van der Waals surface area contributed by atoms with E-state index in [0.29, 0.717) is 12.2 Å². The molecule has 1 N–H and O–H groups in total. The van der Waals surface area contributed by atoms with E-state index < -0.39 is 0 Å². The van der Waals surface area contributed by atoms with Crippen LogP contribution in [0.4, 0.5) is 5.69 Å². The van der Waals surface area contributed by atoms with Crippen LogP contribution < -0.4 is 10.1 Å². The third kappa shape index (κ3) is 5.10. The fourth-order valence-corrected chi connectivity index (χ4v) is 2.83. The van der Waals surface area contributed by atoms with E-state index in [0.717, 1.165) is 39.9 Å². The highest BCUT2D eigenvalue weighted by molar-refractivity contribution is 9.10. The molecular weight excluding hydrogens is 354 g/mol. The molecule has 2 rings (SSSR count). The van der Waals surface area contributed by atoms with E-state index in [4.69, 9.17) is 4.74 Å². The molecule has 2 aromatic carbocycles. The lowest BCUT2D eigenvalue weighted by Crippen LogP contribution is -2.12. The van der Waals surface area contributed by atoms with Crippen LogP contribution in [0, 0.1) is 13.8 Å². The van der Waals surface area contributed by atoms with Gasteiger partial charge in [0.15, 0.2) is 0 Å². The molecule has 0 saturated heterocycles. The lowest BCUT2D eigenvalue weighted by Gasteiger charge is -2.10. The highest BCUT2D eigenvalue weighted by atomic mass is 79.9. The van der Waals surface area contributed by atoms with E-state index in [1.807, 2.05) is 32.0 Å². The van der Waals surface area contributed by atoms with Crippen LogP contribution in [0.3, 0.4) is 0 Å². The van der Waals surface area contributed by atoms with Gasteiger partial charge in [-0.3, -0.25) is 4.79 Å². The van der Waals surface area contributed by atoms with Crippen molar-refractivity contribution >= 4 is 27.5 Å². The molecule has 3 nitrogen and oxygen atoms in total. The predicted octanol–water partition coefficient (Wildman–Crippen LogP) is 5.50. The second kappa shape index (κ2) is 8.16. The Morgan fingerprint density at radius 2 is 1.83 bits per heavy atom. The maximum absolute atomic E-state index is 12.4. The molecule has 0 aromatic heterocycles. The van der Waals surface area contributed by atoms with Gasteiger partial charge in [-0.1, -0.05) is 19.4 Å². The van der Waals surface area contributed by atoms with E-state index in [9.17, 15) is 4.79 Å². The molecule has 0 atom stereocenters. The van der Waals surface area contributed by atoms with E-state index in [2.05, 4.69) is 34.2 Å². The van der Waals surface area contributed by atoms with Crippen molar-refractivity contribution in [3.63, 3.8) is 0 Å². The van der Waals surface area contributed by atoms with E-state index >= 15 is 0 Å². The zero-order chi connectivity index (χ0) is 16.8. The monoisotopic (exact) mass is 375 g/mol. The number of hydrogen-bond acceptors (Lipinski definition) is 2.